The van der Waals surface area contributed by atoms with Gasteiger partial charge in [0.15, 0.2) is 0 Å². The Morgan fingerprint density at radius 3 is 2.50 bits per heavy atom. The van der Waals surface area contributed by atoms with E-state index in [0.29, 0.717) is 34.6 Å². The van der Waals surface area contributed by atoms with Crippen LogP contribution in [0.2, 0.25) is 0 Å². The summed E-state index contributed by atoms with van der Waals surface area (Å²) in [7, 11) is 3.01. The largest absolute Gasteiger partial charge is 0.497 e. The van der Waals surface area contributed by atoms with Crippen LogP contribution in [0.25, 0.3) is 10.9 Å². The molecule has 0 bridgehead atoms. The Bertz CT molecular complexity index is 618. The number of hydrogen-bond acceptors (Lipinski definition) is 4. The molecule has 1 heterocycles. The van der Waals surface area contributed by atoms with E-state index in [1.807, 2.05) is 6.92 Å². The van der Waals surface area contributed by atoms with Crippen molar-refractivity contribution in [3.8, 4) is 11.5 Å². The molecule has 6 heteroatoms. The van der Waals surface area contributed by atoms with Crippen LogP contribution in [0, 0.1) is 0 Å². The number of halogens is 2. The van der Waals surface area contributed by atoms with Crippen molar-refractivity contribution < 1.29 is 18.3 Å². The van der Waals surface area contributed by atoms with Crippen molar-refractivity contribution in [2.75, 3.05) is 26.1 Å². The molecule has 0 atom stereocenters. The van der Waals surface area contributed by atoms with Gasteiger partial charge in [-0.2, -0.15) is 0 Å². The average molecular weight is 282 g/mol. The first-order chi connectivity index (χ1) is 9.60. The fourth-order valence-corrected chi connectivity index (χ4v) is 2.01. The molecule has 0 amide bonds. The number of hydrogen-bond donors (Lipinski definition) is 1. The van der Waals surface area contributed by atoms with E-state index in [1.54, 1.807) is 12.1 Å². The average Bonchev–Trinajstić information content (AvgIpc) is 2.46. The second-order valence-corrected chi connectivity index (χ2v) is 4.15. The summed E-state index contributed by atoms with van der Waals surface area (Å²) >= 11 is 0. The first-order valence-corrected chi connectivity index (χ1v) is 6.19. The Hall–Kier alpha value is -2.11. The Morgan fingerprint density at radius 2 is 1.95 bits per heavy atom. The molecule has 0 fully saturated rings. The Kier molecular flexibility index (Phi) is 4.22. The van der Waals surface area contributed by atoms with Crippen molar-refractivity contribution in [2.45, 2.75) is 13.3 Å². The van der Waals surface area contributed by atoms with Crippen molar-refractivity contribution in [3.05, 3.63) is 23.9 Å². The fraction of sp³-hybridized carbons (Fsp3) is 0.357. The van der Waals surface area contributed by atoms with Gasteiger partial charge in [-0.15, -0.1) is 0 Å². The molecule has 4 nitrogen and oxygen atoms in total. The van der Waals surface area contributed by atoms with Crippen LogP contribution in [0.15, 0.2) is 18.2 Å². The SMILES string of the molecule is CCNc1cc(C(F)F)nc2c(OC)cc(OC)cc12. The molecular weight excluding hydrogens is 266 g/mol. The van der Waals surface area contributed by atoms with E-state index in [2.05, 4.69) is 10.3 Å². The smallest absolute Gasteiger partial charge is 0.280 e. The van der Waals surface area contributed by atoms with Gasteiger partial charge in [0.2, 0.25) is 0 Å². The molecule has 0 aliphatic heterocycles. The zero-order chi connectivity index (χ0) is 14.7. The van der Waals surface area contributed by atoms with Gasteiger partial charge in [0.05, 0.1) is 14.2 Å². The quantitative estimate of drug-likeness (QED) is 0.909. The lowest BCUT2D eigenvalue weighted by Crippen LogP contribution is -2.02. The molecule has 0 saturated carbocycles. The van der Waals surface area contributed by atoms with E-state index >= 15 is 0 Å². The number of methoxy groups -OCH3 is 2. The summed E-state index contributed by atoms with van der Waals surface area (Å²) in [4.78, 5) is 3.99. The van der Waals surface area contributed by atoms with Gasteiger partial charge in [0.1, 0.15) is 22.7 Å². The monoisotopic (exact) mass is 282 g/mol. The Morgan fingerprint density at radius 1 is 1.20 bits per heavy atom. The number of alkyl halides is 2. The number of nitrogens with zero attached hydrogens (tertiary/aromatic N) is 1. The highest BCUT2D eigenvalue weighted by Gasteiger charge is 2.16. The summed E-state index contributed by atoms with van der Waals surface area (Å²) in [5.41, 5.74) is 0.698. The van der Waals surface area contributed by atoms with Crippen LogP contribution >= 0.6 is 0 Å². The topological polar surface area (TPSA) is 43.4 Å². The molecule has 2 rings (SSSR count). The van der Waals surface area contributed by atoms with Crippen molar-refractivity contribution in [1.82, 2.24) is 4.98 Å². The van der Waals surface area contributed by atoms with E-state index in [9.17, 15) is 8.78 Å². The maximum atomic E-state index is 12.9. The maximum Gasteiger partial charge on any atom is 0.280 e. The van der Waals surface area contributed by atoms with Gasteiger partial charge in [0.25, 0.3) is 6.43 Å². The molecule has 0 aliphatic carbocycles. The lowest BCUT2D eigenvalue weighted by atomic mass is 10.1. The van der Waals surface area contributed by atoms with E-state index in [-0.39, 0.29) is 5.69 Å². The number of pyridine rings is 1. The standard InChI is InChI=1S/C14H16F2N2O2/c1-4-17-10-7-11(14(15)16)18-13-9(10)5-8(19-2)6-12(13)20-3/h5-7,14H,4H2,1-3H3,(H,17,18). The summed E-state index contributed by atoms with van der Waals surface area (Å²) in [5, 5.41) is 3.75. The molecule has 1 N–H and O–H groups in total. The second kappa shape index (κ2) is 5.90. The minimum Gasteiger partial charge on any atom is -0.497 e. The zero-order valence-corrected chi connectivity index (χ0v) is 11.5. The number of aromatic nitrogens is 1. The van der Waals surface area contributed by atoms with Gasteiger partial charge in [0, 0.05) is 23.7 Å². The molecule has 1 aromatic carbocycles. The number of nitrogens with one attached hydrogen (secondary N) is 1. The van der Waals surface area contributed by atoms with Crippen LogP contribution in [0.3, 0.4) is 0 Å². The third kappa shape index (κ3) is 2.59. The second-order valence-electron chi connectivity index (χ2n) is 4.15. The highest BCUT2D eigenvalue weighted by atomic mass is 19.3. The van der Waals surface area contributed by atoms with E-state index < -0.39 is 6.43 Å². The van der Waals surface area contributed by atoms with Crippen molar-refractivity contribution in [1.29, 1.82) is 0 Å². The fourth-order valence-electron chi connectivity index (χ4n) is 2.01. The normalized spacial score (nSPS) is 10.9. The van der Waals surface area contributed by atoms with Crippen LogP contribution in [0.5, 0.6) is 11.5 Å². The van der Waals surface area contributed by atoms with Crippen molar-refractivity contribution >= 4 is 16.6 Å². The van der Waals surface area contributed by atoms with Gasteiger partial charge >= 0.3 is 0 Å². The van der Waals surface area contributed by atoms with E-state index in [4.69, 9.17) is 9.47 Å². The molecule has 20 heavy (non-hydrogen) atoms. The number of anilines is 1. The molecule has 2 aromatic rings. The molecular formula is C14H16F2N2O2. The number of rotatable bonds is 5. The molecule has 1 aromatic heterocycles. The Balaban J connectivity index is 2.77. The van der Waals surface area contributed by atoms with Crippen molar-refractivity contribution in [2.24, 2.45) is 0 Å². The summed E-state index contributed by atoms with van der Waals surface area (Å²) in [6.45, 7) is 2.51. The third-order valence-corrected chi connectivity index (χ3v) is 2.92. The minimum atomic E-state index is -2.64. The van der Waals surface area contributed by atoms with Gasteiger partial charge < -0.3 is 14.8 Å². The molecule has 0 radical (unpaired) electrons. The lowest BCUT2D eigenvalue weighted by Gasteiger charge is -2.14. The molecule has 0 saturated heterocycles. The summed E-state index contributed by atoms with van der Waals surface area (Å²) in [5.74, 6) is 0.987. The highest BCUT2D eigenvalue weighted by Crippen LogP contribution is 2.36. The first kappa shape index (κ1) is 14.3. The molecule has 0 unspecified atom stereocenters. The molecule has 0 aliphatic rings. The molecule has 0 spiro atoms. The van der Waals surface area contributed by atoms with Crippen LogP contribution in [0.4, 0.5) is 14.5 Å². The highest BCUT2D eigenvalue weighted by molar-refractivity contribution is 5.96. The number of benzene rings is 1. The van der Waals surface area contributed by atoms with E-state index in [0.717, 1.165) is 0 Å². The van der Waals surface area contributed by atoms with Crippen LogP contribution in [-0.4, -0.2) is 25.7 Å². The van der Waals surface area contributed by atoms with Gasteiger partial charge in [-0.3, -0.25) is 0 Å². The third-order valence-electron chi connectivity index (χ3n) is 2.92. The van der Waals surface area contributed by atoms with Gasteiger partial charge in [-0.05, 0) is 19.1 Å². The predicted octanol–water partition coefficient (Wildman–Crippen LogP) is 3.62. The van der Waals surface area contributed by atoms with Crippen molar-refractivity contribution in [3.63, 3.8) is 0 Å². The van der Waals surface area contributed by atoms with Gasteiger partial charge in [-0.1, -0.05) is 0 Å². The van der Waals surface area contributed by atoms with Gasteiger partial charge in [-0.25, -0.2) is 13.8 Å². The first-order valence-electron chi connectivity index (χ1n) is 6.19. The van der Waals surface area contributed by atoms with Crippen LogP contribution in [-0.2, 0) is 0 Å². The Labute approximate surface area is 115 Å². The zero-order valence-electron chi connectivity index (χ0n) is 11.5. The number of ether oxygens (including phenoxy) is 2. The lowest BCUT2D eigenvalue weighted by molar-refractivity contribution is 0.146. The summed E-state index contributed by atoms with van der Waals surface area (Å²) < 4.78 is 36.3. The maximum absolute atomic E-state index is 12.9. The number of fused-ring (bicyclic) bond motifs is 1. The predicted molar refractivity (Wildman–Crippen MR) is 74.0 cm³/mol. The minimum absolute atomic E-state index is 0.281. The summed E-state index contributed by atoms with van der Waals surface area (Å²) in [6, 6.07) is 4.73. The van der Waals surface area contributed by atoms with E-state index in [1.165, 1.54) is 20.3 Å². The van der Waals surface area contributed by atoms with Crippen LogP contribution < -0.4 is 14.8 Å². The molecule has 108 valence electrons. The van der Waals surface area contributed by atoms with Crippen LogP contribution in [0.1, 0.15) is 19.0 Å². The summed E-state index contributed by atoms with van der Waals surface area (Å²) in [6.07, 6.45) is -2.64.